The van der Waals surface area contributed by atoms with Crippen LogP contribution >= 0.6 is 23.1 Å². The second kappa shape index (κ2) is 5.34. The Labute approximate surface area is 97.5 Å². The number of nitrogens with zero attached hydrogens (tertiary/aromatic N) is 2. The van der Waals surface area contributed by atoms with Gasteiger partial charge in [-0.15, -0.1) is 0 Å². The molecule has 0 aliphatic rings. The van der Waals surface area contributed by atoms with Crippen LogP contribution < -0.4 is 5.32 Å². The van der Waals surface area contributed by atoms with Crippen molar-refractivity contribution in [3.8, 4) is 0 Å². The summed E-state index contributed by atoms with van der Waals surface area (Å²) in [6.45, 7) is 3.16. The Morgan fingerprint density at radius 2 is 2.47 bits per heavy atom. The molecule has 0 fully saturated rings. The molecule has 1 atom stereocenters. The number of hydrogen-bond donors (Lipinski definition) is 1. The second-order valence-corrected chi connectivity index (χ2v) is 4.61. The molecule has 2 aromatic heterocycles. The molecule has 2 heterocycles. The molecule has 0 aromatic carbocycles. The predicted octanol–water partition coefficient (Wildman–Crippen LogP) is 2.69. The summed E-state index contributed by atoms with van der Waals surface area (Å²) in [5, 5.41) is 7.74. The average Bonchev–Trinajstić information content (AvgIpc) is 2.90. The van der Waals surface area contributed by atoms with Crippen molar-refractivity contribution < 1.29 is 0 Å². The van der Waals surface area contributed by atoms with Gasteiger partial charge < -0.3 is 5.32 Å². The number of rotatable bonds is 5. The van der Waals surface area contributed by atoms with Gasteiger partial charge >= 0.3 is 0 Å². The maximum absolute atomic E-state index is 4.30. The Morgan fingerprint density at radius 1 is 1.53 bits per heavy atom. The molecular formula is C10H13N3S2. The fourth-order valence-corrected chi connectivity index (χ4v) is 2.56. The highest BCUT2D eigenvalue weighted by Crippen LogP contribution is 2.22. The van der Waals surface area contributed by atoms with Crippen LogP contribution in [0.4, 0.5) is 0 Å². The van der Waals surface area contributed by atoms with Crippen molar-refractivity contribution in [3.63, 3.8) is 0 Å². The highest BCUT2D eigenvalue weighted by Gasteiger charge is 2.15. The largest absolute Gasteiger partial charge is 0.305 e. The van der Waals surface area contributed by atoms with Gasteiger partial charge in [-0.05, 0) is 35.4 Å². The molecule has 0 spiro atoms. The quantitative estimate of drug-likeness (QED) is 0.871. The Hall–Kier alpha value is -0.780. The first kappa shape index (κ1) is 10.7. The predicted molar refractivity (Wildman–Crippen MR) is 64.4 cm³/mol. The van der Waals surface area contributed by atoms with E-state index in [9.17, 15) is 0 Å². The van der Waals surface area contributed by atoms with Crippen molar-refractivity contribution >= 4 is 23.1 Å². The van der Waals surface area contributed by atoms with E-state index in [1.54, 1.807) is 11.3 Å². The number of nitrogens with one attached hydrogen (secondary N) is 1. The zero-order valence-electron chi connectivity index (χ0n) is 8.51. The van der Waals surface area contributed by atoms with E-state index in [-0.39, 0.29) is 6.04 Å². The van der Waals surface area contributed by atoms with Crippen LogP contribution in [0.2, 0.25) is 0 Å². The van der Waals surface area contributed by atoms with Crippen LogP contribution in [0.3, 0.4) is 0 Å². The lowest BCUT2D eigenvalue weighted by atomic mass is 10.1. The van der Waals surface area contributed by atoms with Gasteiger partial charge in [0.15, 0.2) is 0 Å². The van der Waals surface area contributed by atoms with E-state index >= 15 is 0 Å². The molecule has 0 amide bonds. The third-order valence-electron chi connectivity index (χ3n) is 2.15. The standard InChI is InChI=1S/C10H13N3S2/c1-2-4-11-10(8-3-5-14-7-8)9-6-12-15-13-9/h3,5-7,10-11H,2,4H2,1H3. The van der Waals surface area contributed by atoms with Crippen LogP contribution in [-0.4, -0.2) is 15.3 Å². The molecule has 0 saturated heterocycles. The lowest BCUT2D eigenvalue weighted by Gasteiger charge is -2.14. The van der Waals surface area contributed by atoms with Gasteiger partial charge in [0.1, 0.15) is 0 Å². The van der Waals surface area contributed by atoms with Crippen LogP contribution in [0.25, 0.3) is 0 Å². The van der Waals surface area contributed by atoms with Crippen molar-refractivity contribution in [2.45, 2.75) is 19.4 Å². The molecule has 0 aliphatic heterocycles. The number of aromatic nitrogens is 2. The summed E-state index contributed by atoms with van der Waals surface area (Å²) < 4.78 is 8.35. The first-order valence-corrected chi connectivity index (χ1v) is 6.62. The van der Waals surface area contributed by atoms with E-state index < -0.39 is 0 Å². The van der Waals surface area contributed by atoms with Gasteiger partial charge in [0, 0.05) is 0 Å². The molecule has 2 aromatic rings. The molecule has 1 unspecified atom stereocenters. The third kappa shape index (κ3) is 2.62. The Bertz CT molecular complexity index is 335. The van der Waals surface area contributed by atoms with E-state index in [0.717, 1.165) is 18.7 Å². The molecule has 80 valence electrons. The lowest BCUT2D eigenvalue weighted by molar-refractivity contribution is 0.591. The van der Waals surface area contributed by atoms with Gasteiger partial charge in [-0.1, -0.05) is 6.92 Å². The molecule has 5 heteroatoms. The second-order valence-electron chi connectivity index (χ2n) is 3.28. The van der Waals surface area contributed by atoms with Crippen molar-refractivity contribution in [1.29, 1.82) is 0 Å². The zero-order valence-corrected chi connectivity index (χ0v) is 10.1. The van der Waals surface area contributed by atoms with Crippen molar-refractivity contribution in [2.24, 2.45) is 0 Å². The number of thiophene rings is 1. The summed E-state index contributed by atoms with van der Waals surface area (Å²) >= 11 is 2.98. The van der Waals surface area contributed by atoms with E-state index in [2.05, 4.69) is 37.8 Å². The van der Waals surface area contributed by atoms with Gasteiger partial charge in [-0.3, -0.25) is 0 Å². The first-order valence-electron chi connectivity index (χ1n) is 4.94. The Kier molecular flexibility index (Phi) is 3.82. The summed E-state index contributed by atoms with van der Waals surface area (Å²) in [5.41, 5.74) is 2.30. The monoisotopic (exact) mass is 239 g/mol. The number of hydrogen-bond acceptors (Lipinski definition) is 5. The minimum atomic E-state index is 0.204. The molecule has 0 saturated carbocycles. The van der Waals surface area contributed by atoms with Gasteiger partial charge in [0.05, 0.1) is 29.7 Å². The minimum Gasteiger partial charge on any atom is -0.305 e. The lowest BCUT2D eigenvalue weighted by Crippen LogP contribution is -2.22. The Balaban J connectivity index is 2.17. The molecule has 1 N–H and O–H groups in total. The molecule has 2 rings (SSSR count). The molecule has 0 bridgehead atoms. The van der Waals surface area contributed by atoms with Crippen molar-refractivity contribution in [2.75, 3.05) is 6.54 Å². The summed E-state index contributed by atoms with van der Waals surface area (Å²) in [6.07, 6.45) is 2.97. The minimum absolute atomic E-state index is 0.204. The highest BCUT2D eigenvalue weighted by atomic mass is 32.1. The third-order valence-corrected chi connectivity index (χ3v) is 3.34. The average molecular weight is 239 g/mol. The summed E-state index contributed by atoms with van der Waals surface area (Å²) in [4.78, 5) is 0. The first-order chi connectivity index (χ1) is 7.42. The van der Waals surface area contributed by atoms with Gasteiger partial charge in [0.2, 0.25) is 0 Å². The van der Waals surface area contributed by atoms with E-state index in [0.29, 0.717) is 0 Å². The van der Waals surface area contributed by atoms with Crippen LogP contribution in [-0.2, 0) is 0 Å². The van der Waals surface area contributed by atoms with Crippen LogP contribution in [0.15, 0.2) is 23.0 Å². The molecule has 3 nitrogen and oxygen atoms in total. The maximum Gasteiger partial charge on any atom is 0.0957 e. The maximum atomic E-state index is 4.30. The van der Waals surface area contributed by atoms with Gasteiger partial charge in [-0.2, -0.15) is 20.1 Å². The molecule has 15 heavy (non-hydrogen) atoms. The molecule has 0 aliphatic carbocycles. The van der Waals surface area contributed by atoms with Crippen molar-refractivity contribution in [1.82, 2.24) is 14.1 Å². The van der Waals surface area contributed by atoms with Gasteiger partial charge in [0.25, 0.3) is 0 Å². The van der Waals surface area contributed by atoms with E-state index in [1.807, 2.05) is 6.20 Å². The van der Waals surface area contributed by atoms with Crippen LogP contribution in [0, 0.1) is 0 Å². The van der Waals surface area contributed by atoms with Crippen molar-refractivity contribution in [3.05, 3.63) is 34.3 Å². The fraction of sp³-hybridized carbons (Fsp3) is 0.400. The smallest absolute Gasteiger partial charge is 0.0957 e. The highest BCUT2D eigenvalue weighted by molar-refractivity contribution is 7.08. The summed E-state index contributed by atoms with van der Waals surface area (Å²) in [5.74, 6) is 0. The molecular weight excluding hydrogens is 226 g/mol. The normalized spacial score (nSPS) is 12.9. The summed E-state index contributed by atoms with van der Waals surface area (Å²) in [7, 11) is 0. The molecule has 0 radical (unpaired) electrons. The van der Waals surface area contributed by atoms with Gasteiger partial charge in [-0.25, -0.2) is 0 Å². The van der Waals surface area contributed by atoms with Crippen LogP contribution in [0.1, 0.15) is 30.6 Å². The fourth-order valence-electron chi connectivity index (χ4n) is 1.42. The van der Waals surface area contributed by atoms with Crippen LogP contribution in [0.5, 0.6) is 0 Å². The SMILES string of the molecule is CCCNC(c1ccsc1)c1cnsn1. The van der Waals surface area contributed by atoms with E-state index in [1.165, 1.54) is 17.3 Å². The topological polar surface area (TPSA) is 37.8 Å². The zero-order chi connectivity index (χ0) is 10.5. The Morgan fingerprint density at radius 3 is 3.07 bits per heavy atom. The summed E-state index contributed by atoms with van der Waals surface area (Å²) in [6, 6.07) is 2.34. The van der Waals surface area contributed by atoms with E-state index in [4.69, 9.17) is 0 Å².